The number of benzene rings is 2. The third kappa shape index (κ3) is 3.45. The van der Waals surface area contributed by atoms with Crippen LogP contribution in [-0.4, -0.2) is 12.8 Å². The summed E-state index contributed by atoms with van der Waals surface area (Å²) >= 11 is 0. The van der Waals surface area contributed by atoms with E-state index < -0.39 is 7.26 Å². The van der Waals surface area contributed by atoms with E-state index in [1.54, 1.807) is 0 Å². The van der Waals surface area contributed by atoms with Crippen LogP contribution in [0.5, 0.6) is 0 Å². The Labute approximate surface area is 118 Å². The zero-order valence-electron chi connectivity index (χ0n) is 12.0. The first-order valence-corrected chi connectivity index (χ1v) is 9.66. The molecule has 19 heavy (non-hydrogen) atoms. The Morgan fingerprint density at radius 3 is 1.63 bits per heavy atom. The van der Waals surface area contributed by atoms with Gasteiger partial charge in [0.1, 0.15) is 0 Å². The Kier molecular flexibility index (Phi) is 5.16. The van der Waals surface area contributed by atoms with Crippen molar-refractivity contribution in [3.63, 3.8) is 0 Å². The third-order valence-corrected chi connectivity index (χ3v) is 7.95. The summed E-state index contributed by atoms with van der Waals surface area (Å²) < 4.78 is 0. The molecule has 0 aliphatic rings. The summed E-state index contributed by atoms with van der Waals surface area (Å²) in [7, 11) is -1.20. The summed E-state index contributed by atoms with van der Waals surface area (Å²) in [6.45, 7) is 4.77. The molecular formula is C18H24P. The minimum atomic E-state index is -1.20. The molecule has 2 aromatic carbocycles. The van der Waals surface area contributed by atoms with Gasteiger partial charge in [-0.05, 0) is 29.9 Å². The van der Waals surface area contributed by atoms with Crippen LogP contribution in [-0.2, 0) is 0 Å². The largest absolute Gasteiger partial charge is 0.0729 e. The van der Waals surface area contributed by atoms with Gasteiger partial charge in [-0.1, -0.05) is 87.7 Å². The normalized spacial score (nSPS) is 11.5. The number of unbranched alkanes of at least 4 members (excludes halogenated alkanes) is 2. The van der Waals surface area contributed by atoms with Crippen LogP contribution < -0.4 is 10.6 Å². The lowest BCUT2D eigenvalue weighted by Gasteiger charge is -2.33. The van der Waals surface area contributed by atoms with Gasteiger partial charge in [-0.25, -0.2) is 0 Å². The van der Waals surface area contributed by atoms with Crippen molar-refractivity contribution in [3.05, 3.63) is 60.7 Å². The highest BCUT2D eigenvalue weighted by Gasteiger charge is 2.25. The van der Waals surface area contributed by atoms with Crippen LogP contribution in [0.2, 0.25) is 0 Å². The van der Waals surface area contributed by atoms with Gasteiger partial charge in [0.25, 0.3) is 0 Å². The van der Waals surface area contributed by atoms with Crippen molar-refractivity contribution >= 4 is 17.9 Å². The van der Waals surface area contributed by atoms with Gasteiger partial charge >= 0.3 is 0 Å². The number of hydrogen-bond acceptors (Lipinski definition) is 0. The summed E-state index contributed by atoms with van der Waals surface area (Å²) in [5.74, 6) is 0. The van der Waals surface area contributed by atoms with Gasteiger partial charge in [0.2, 0.25) is 0 Å². The van der Waals surface area contributed by atoms with E-state index in [2.05, 4.69) is 74.3 Å². The Morgan fingerprint density at radius 2 is 1.21 bits per heavy atom. The molecule has 1 radical (unpaired) electrons. The van der Waals surface area contributed by atoms with Gasteiger partial charge in [-0.2, -0.15) is 0 Å². The molecule has 0 nitrogen and oxygen atoms in total. The van der Waals surface area contributed by atoms with Gasteiger partial charge in [0, 0.05) is 0 Å². The van der Waals surface area contributed by atoms with Crippen molar-refractivity contribution in [1.29, 1.82) is 0 Å². The minimum absolute atomic E-state index is 1.20. The zero-order chi connectivity index (χ0) is 13.6. The van der Waals surface area contributed by atoms with Crippen LogP contribution in [0.25, 0.3) is 0 Å². The molecule has 0 N–H and O–H groups in total. The second-order valence-corrected chi connectivity index (χ2v) is 9.16. The van der Waals surface area contributed by atoms with E-state index in [9.17, 15) is 0 Å². The molecule has 0 unspecified atom stereocenters. The molecular weight excluding hydrogens is 247 g/mol. The van der Waals surface area contributed by atoms with Crippen LogP contribution >= 0.6 is 7.26 Å². The van der Waals surface area contributed by atoms with Crippen molar-refractivity contribution in [2.24, 2.45) is 0 Å². The highest BCUT2D eigenvalue weighted by molar-refractivity contribution is 7.88. The van der Waals surface area contributed by atoms with Crippen LogP contribution in [0.15, 0.2) is 60.7 Å². The Bertz CT molecular complexity index is 436. The van der Waals surface area contributed by atoms with E-state index in [0.29, 0.717) is 0 Å². The van der Waals surface area contributed by atoms with Crippen LogP contribution in [0.3, 0.4) is 0 Å². The summed E-state index contributed by atoms with van der Waals surface area (Å²) in [5, 5.41) is 3.08. The van der Waals surface area contributed by atoms with Crippen molar-refractivity contribution in [2.75, 3.05) is 12.8 Å². The Morgan fingerprint density at radius 1 is 0.737 bits per heavy atom. The van der Waals surface area contributed by atoms with E-state index in [1.807, 2.05) is 0 Å². The summed E-state index contributed by atoms with van der Waals surface area (Å²) in [4.78, 5) is 0. The lowest BCUT2D eigenvalue weighted by Crippen LogP contribution is -2.23. The average Bonchev–Trinajstić information content (AvgIpc) is 2.49. The molecule has 2 aromatic rings. The monoisotopic (exact) mass is 271 g/mol. The molecule has 0 heterocycles. The van der Waals surface area contributed by atoms with Crippen molar-refractivity contribution in [1.82, 2.24) is 0 Å². The van der Waals surface area contributed by atoms with Crippen molar-refractivity contribution in [3.8, 4) is 0 Å². The summed E-state index contributed by atoms with van der Waals surface area (Å²) in [6, 6.07) is 22.2. The fourth-order valence-electron chi connectivity index (χ4n) is 2.60. The average molecular weight is 271 g/mol. The maximum Gasteiger partial charge on any atom is -0.0241 e. The van der Waals surface area contributed by atoms with E-state index in [4.69, 9.17) is 0 Å². The first kappa shape index (κ1) is 14.3. The van der Waals surface area contributed by atoms with Gasteiger partial charge in [0.15, 0.2) is 0 Å². The molecule has 0 amide bonds. The molecule has 0 aliphatic carbocycles. The lowest BCUT2D eigenvalue weighted by atomic mass is 10.3. The van der Waals surface area contributed by atoms with Gasteiger partial charge in [-0.15, -0.1) is 0 Å². The first-order chi connectivity index (χ1) is 9.27. The molecule has 2 rings (SSSR count). The third-order valence-electron chi connectivity index (χ3n) is 3.86. The summed E-state index contributed by atoms with van der Waals surface area (Å²) in [6.07, 6.45) is 5.30. The molecule has 0 saturated carbocycles. The van der Waals surface area contributed by atoms with Gasteiger partial charge in [0.05, 0.1) is 0 Å². The van der Waals surface area contributed by atoms with Crippen molar-refractivity contribution in [2.45, 2.75) is 26.2 Å². The van der Waals surface area contributed by atoms with Crippen LogP contribution in [0.4, 0.5) is 0 Å². The molecule has 0 fully saturated rings. The molecule has 101 valence electrons. The number of hydrogen-bond donors (Lipinski definition) is 0. The predicted octanol–water partition coefficient (Wildman–Crippen LogP) is 4.48. The molecule has 0 bridgehead atoms. The van der Waals surface area contributed by atoms with Crippen molar-refractivity contribution < 1.29 is 0 Å². The van der Waals surface area contributed by atoms with E-state index in [-0.39, 0.29) is 0 Å². The highest BCUT2D eigenvalue weighted by Crippen LogP contribution is 2.53. The van der Waals surface area contributed by atoms with Gasteiger partial charge < -0.3 is 0 Å². The molecule has 0 saturated heterocycles. The van der Waals surface area contributed by atoms with Crippen LogP contribution in [0.1, 0.15) is 26.2 Å². The number of rotatable bonds is 6. The molecule has 1 heteroatoms. The molecule has 0 aliphatic heterocycles. The smallest absolute Gasteiger partial charge is 0.0241 e. The standard InChI is InChI=1S/C18H24P/c1-3-4-11-16-19(2,17-12-7-5-8-13-17)18-14-9-6-10-15-18/h5-10,12-15H,3-4,11,16H2,1-2H3. The van der Waals surface area contributed by atoms with Crippen LogP contribution in [0, 0.1) is 0 Å². The topological polar surface area (TPSA) is 0 Å². The summed E-state index contributed by atoms with van der Waals surface area (Å²) in [5.41, 5.74) is 0. The van der Waals surface area contributed by atoms with Gasteiger partial charge in [-0.3, -0.25) is 0 Å². The predicted molar refractivity (Wildman–Crippen MR) is 89.4 cm³/mol. The fraction of sp³-hybridized carbons (Fsp3) is 0.333. The first-order valence-electron chi connectivity index (χ1n) is 7.24. The Balaban J connectivity index is 2.33. The minimum Gasteiger partial charge on any atom is -0.0729 e. The molecule has 0 aromatic heterocycles. The van der Waals surface area contributed by atoms with E-state index >= 15 is 0 Å². The quantitative estimate of drug-likeness (QED) is 0.537. The van der Waals surface area contributed by atoms with E-state index in [0.717, 1.165) is 0 Å². The second kappa shape index (κ2) is 6.87. The SMILES string of the molecule is CCCCC[P](C)(c1ccccc1)c1ccccc1. The maximum atomic E-state index is 2.49. The second-order valence-electron chi connectivity index (χ2n) is 5.29. The molecule has 0 spiro atoms. The lowest BCUT2D eigenvalue weighted by molar-refractivity contribution is 0.775. The molecule has 0 atom stereocenters. The fourth-order valence-corrected chi connectivity index (χ4v) is 5.93. The highest BCUT2D eigenvalue weighted by atomic mass is 31.2. The zero-order valence-corrected chi connectivity index (χ0v) is 12.9. The Hall–Kier alpha value is -1.13. The maximum absolute atomic E-state index is 2.49. The van der Waals surface area contributed by atoms with E-state index in [1.165, 1.54) is 36.0 Å².